The molecule has 0 N–H and O–H groups in total. The fourth-order valence-electron chi connectivity index (χ4n) is 2.01. The number of allylic oxidation sites excluding steroid dienone is 6. The van der Waals surface area contributed by atoms with Gasteiger partial charge in [0.15, 0.2) is 0 Å². The molecule has 0 bridgehead atoms. The van der Waals surface area contributed by atoms with Gasteiger partial charge in [-0.15, -0.1) is 0 Å². The Kier molecular flexibility index (Phi) is 3.35. The molecule has 0 amide bonds. The molecule has 0 radical (unpaired) electrons. The number of rotatable bonds is 2. The standard InChI is InChI=1S/C12H14Cl2/c13-11-5-1-3-9(11)7-8-10-4-2-6-12(10)14/h7-8H,1-6H2/b8-7+. The van der Waals surface area contributed by atoms with Gasteiger partial charge in [-0.05, 0) is 49.7 Å². The van der Waals surface area contributed by atoms with Crippen molar-refractivity contribution < 1.29 is 0 Å². The molecule has 0 unspecified atom stereocenters. The molecule has 0 saturated heterocycles. The minimum Gasteiger partial charge on any atom is -0.0889 e. The quantitative estimate of drug-likeness (QED) is 0.631. The first kappa shape index (κ1) is 10.3. The van der Waals surface area contributed by atoms with E-state index in [9.17, 15) is 0 Å². The van der Waals surface area contributed by atoms with E-state index in [2.05, 4.69) is 12.2 Å². The first-order valence-corrected chi connectivity index (χ1v) is 5.96. The normalized spacial score (nSPS) is 23.3. The molecule has 2 aliphatic rings. The van der Waals surface area contributed by atoms with E-state index in [1.165, 1.54) is 24.0 Å². The van der Waals surface area contributed by atoms with E-state index in [0.717, 1.165) is 35.7 Å². The lowest BCUT2D eigenvalue weighted by molar-refractivity contribution is 0.908. The summed E-state index contributed by atoms with van der Waals surface area (Å²) in [5.74, 6) is 0. The Hall–Kier alpha value is -0.200. The van der Waals surface area contributed by atoms with Crippen LogP contribution in [0.25, 0.3) is 0 Å². The van der Waals surface area contributed by atoms with Crippen LogP contribution in [-0.2, 0) is 0 Å². The van der Waals surface area contributed by atoms with Crippen molar-refractivity contribution in [1.82, 2.24) is 0 Å². The second-order valence-electron chi connectivity index (χ2n) is 3.90. The minimum absolute atomic E-state index is 1.04. The van der Waals surface area contributed by atoms with Crippen molar-refractivity contribution in [3.63, 3.8) is 0 Å². The predicted molar refractivity (Wildman–Crippen MR) is 62.6 cm³/mol. The van der Waals surface area contributed by atoms with Crippen molar-refractivity contribution >= 4 is 23.2 Å². The van der Waals surface area contributed by atoms with Gasteiger partial charge in [-0.2, -0.15) is 0 Å². The van der Waals surface area contributed by atoms with Crippen LogP contribution in [0.15, 0.2) is 33.4 Å². The molecule has 14 heavy (non-hydrogen) atoms. The third-order valence-electron chi connectivity index (χ3n) is 2.87. The van der Waals surface area contributed by atoms with Crippen molar-refractivity contribution in [3.8, 4) is 0 Å². The Balaban J connectivity index is 2.07. The van der Waals surface area contributed by atoms with Gasteiger partial charge in [0.2, 0.25) is 0 Å². The second-order valence-corrected chi connectivity index (χ2v) is 4.81. The van der Waals surface area contributed by atoms with Crippen LogP contribution < -0.4 is 0 Å². The average molecular weight is 229 g/mol. The van der Waals surface area contributed by atoms with Crippen LogP contribution in [0.5, 0.6) is 0 Å². The summed E-state index contributed by atoms with van der Waals surface area (Å²) in [6.45, 7) is 0. The molecule has 0 aromatic rings. The molecule has 0 spiro atoms. The van der Waals surface area contributed by atoms with E-state index < -0.39 is 0 Å². The van der Waals surface area contributed by atoms with E-state index in [-0.39, 0.29) is 0 Å². The van der Waals surface area contributed by atoms with Crippen molar-refractivity contribution in [2.45, 2.75) is 38.5 Å². The molecule has 2 aliphatic carbocycles. The molecule has 0 heterocycles. The molecule has 0 atom stereocenters. The lowest BCUT2D eigenvalue weighted by Crippen LogP contribution is -1.75. The van der Waals surface area contributed by atoms with E-state index in [1.54, 1.807) is 0 Å². The highest BCUT2D eigenvalue weighted by Gasteiger charge is 2.12. The van der Waals surface area contributed by atoms with E-state index in [0.29, 0.717) is 0 Å². The lowest BCUT2D eigenvalue weighted by Gasteiger charge is -1.96. The minimum atomic E-state index is 1.04. The van der Waals surface area contributed by atoms with Gasteiger partial charge in [0, 0.05) is 10.1 Å². The number of hydrogen-bond acceptors (Lipinski definition) is 0. The molecule has 76 valence electrons. The zero-order valence-electron chi connectivity index (χ0n) is 8.15. The lowest BCUT2D eigenvalue weighted by atomic mass is 10.1. The third kappa shape index (κ3) is 2.24. The molecule has 0 nitrogen and oxygen atoms in total. The van der Waals surface area contributed by atoms with Crippen LogP contribution in [0.1, 0.15) is 38.5 Å². The zero-order chi connectivity index (χ0) is 9.97. The van der Waals surface area contributed by atoms with Gasteiger partial charge < -0.3 is 0 Å². The van der Waals surface area contributed by atoms with E-state index in [4.69, 9.17) is 23.2 Å². The molecular weight excluding hydrogens is 215 g/mol. The third-order valence-corrected chi connectivity index (χ3v) is 3.73. The largest absolute Gasteiger partial charge is 0.0889 e. The second kappa shape index (κ2) is 4.55. The van der Waals surface area contributed by atoms with Crippen LogP contribution in [0.3, 0.4) is 0 Å². The van der Waals surface area contributed by atoms with Crippen LogP contribution in [0.4, 0.5) is 0 Å². The Morgan fingerprint density at radius 1 is 0.714 bits per heavy atom. The van der Waals surface area contributed by atoms with Gasteiger partial charge in [0.1, 0.15) is 0 Å². The molecule has 0 aliphatic heterocycles. The van der Waals surface area contributed by atoms with Crippen molar-refractivity contribution in [2.75, 3.05) is 0 Å². The Bertz CT molecular complexity index is 289. The predicted octanol–water partition coefficient (Wildman–Crippen LogP) is 4.90. The smallest absolute Gasteiger partial charge is 0.0213 e. The first-order chi connectivity index (χ1) is 6.77. The average Bonchev–Trinajstić information content (AvgIpc) is 2.72. The highest BCUT2D eigenvalue weighted by molar-refractivity contribution is 6.30. The van der Waals surface area contributed by atoms with Gasteiger partial charge in [0.25, 0.3) is 0 Å². The molecule has 2 heteroatoms. The highest BCUT2D eigenvalue weighted by Crippen LogP contribution is 2.33. The summed E-state index contributed by atoms with van der Waals surface area (Å²) in [6.07, 6.45) is 11.1. The van der Waals surface area contributed by atoms with Crippen LogP contribution in [0, 0.1) is 0 Å². The summed E-state index contributed by atoms with van der Waals surface area (Å²) >= 11 is 12.2. The SMILES string of the molecule is ClC1=C(/C=C/C2=C(Cl)CCC2)CCC1. The van der Waals surface area contributed by atoms with Crippen molar-refractivity contribution in [1.29, 1.82) is 0 Å². The summed E-state index contributed by atoms with van der Waals surface area (Å²) in [6, 6.07) is 0. The van der Waals surface area contributed by atoms with Crippen LogP contribution in [-0.4, -0.2) is 0 Å². The summed E-state index contributed by atoms with van der Waals surface area (Å²) in [5.41, 5.74) is 2.60. The Labute approximate surface area is 95.3 Å². The maximum absolute atomic E-state index is 6.08. The van der Waals surface area contributed by atoms with E-state index >= 15 is 0 Å². The van der Waals surface area contributed by atoms with Gasteiger partial charge in [-0.25, -0.2) is 0 Å². The molecule has 0 aromatic carbocycles. The van der Waals surface area contributed by atoms with Crippen LogP contribution in [0.2, 0.25) is 0 Å². The fraction of sp³-hybridized carbons (Fsp3) is 0.500. The zero-order valence-corrected chi connectivity index (χ0v) is 9.67. The Morgan fingerprint density at radius 2 is 1.14 bits per heavy atom. The molecule has 0 aromatic heterocycles. The number of hydrogen-bond donors (Lipinski definition) is 0. The van der Waals surface area contributed by atoms with Crippen molar-refractivity contribution in [3.05, 3.63) is 33.4 Å². The molecule has 0 fully saturated rings. The fourth-order valence-corrected chi connectivity index (χ4v) is 2.59. The number of halogens is 2. The van der Waals surface area contributed by atoms with Gasteiger partial charge >= 0.3 is 0 Å². The van der Waals surface area contributed by atoms with Crippen molar-refractivity contribution in [2.24, 2.45) is 0 Å². The molecular formula is C12H14Cl2. The first-order valence-electron chi connectivity index (χ1n) is 5.20. The summed E-state index contributed by atoms with van der Waals surface area (Å²) in [5, 5.41) is 2.08. The summed E-state index contributed by atoms with van der Waals surface area (Å²) < 4.78 is 0. The summed E-state index contributed by atoms with van der Waals surface area (Å²) in [7, 11) is 0. The summed E-state index contributed by atoms with van der Waals surface area (Å²) in [4.78, 5) is 0. The van der Waals surface area contributed by atoms with Gasteiger partial charge in [-0.1, -0.05) is 35.4 Å². The van der Waals surface area contributed by atoms with Crippen LogP contribution >= 0.6 is 23.2 Å². The van der Waals surface area contributed by atoms with Gasteiger partial charge in [0.05, 0.1) is 0 Å². The maximum Gasteiger partial charge on any atom is 0.0213 e. The van der Waals surface area contributed by atoms with E-state index in [1.807, 2.05) is 0 Å². The molecule has 0 saturated carbocycles. The maximum atomic E-state index is 6.08. The topological polar surface area (TPSA) is 0 Å². The monoisotopic (exact) mass is 228 g/mol. The van der Waals surface area contributed by atoms with Gasteiger partial charge in [-0.3, -0.25) is 0 Å². The highest BCUT2D eigenvalue weighted by atomic mass is 35.5. The molecule has 2 rings (SSSR count). The Morgan fingerprint density at radius 3 is 1.43 bits per heavy atom.